The molecular formula is C9H7F3N4S. The van der Waals surface area contributed by atoms with Crippen LogP contribution in [0.25, 0.3) is 5.69 Å². The summed E-state index contributed by atoms with van der Waals surface area (Å²) >= 11 is 4.84. The third-order valence-corrected chi connectivity index (χ3v) is 2.51. The fraction of sp³-hybridized carbons (Fsp3) is 0.222. The summed E-state index contributed by atoms with van der Waals surface area (Å²) < 4.78 is 39.0. The number of alkyl halides is 3. The molecule has 0 saturated carbocycles. The van der Waals surface area contributed by atoms with E-state index in [9.17, 15) is 13.2 Å². The van der Waals surface area contributed by atoms with Crippen LogP contribution in [0, 0.1) is 11.7 Å². The van der Waals surface area contributed by atoms with Crippen molar-refractivity contribution < 1.29 is 13.2 Å². The summed E-state index contributed by atoms with van der Waals surface area (Å²) in [7, 11) is 0. The van der Waals surface area contributed by atoms with Gasteiger partial charge in [0, 0.05) is 0 Å². The van der Waals surface area contributed by atoms with Crippen molar-refractivity contribution >= 4 is 12.2 Å². The third kappa shape index (κ3) is 2.21. The highest BCUT2D eigenvalue weighted by Gasteiger charge is 2.31. The van der Waals surface area contributed by atoms with Crippen molar-refractivity contribution in [2.24, 2.45) is 0 Å². The molecule has 90 valence electrons. The lowest BCUT2D eigenvalue weighted by molar-refractivity contribution is -0.137. The zero-order valence-corrected chi connectivity index (χ0v) is 9.43. The second kappa shape index (κ2) is 3.95. The van der Waals surface area contributed by atoms with Crippen molar-refractivity contribution in [1.82, 2.24) is 20.2 Å². The van der Waals surface area contributed by atoms with Crippen LogP contribution in [0.2, 0.25) is 0 Å². The molecule has 0 atom stereocenters. The number of nitrogens with one attached hydrogen (secondary N) is 1. The van der Waals surface area contributed by atoms with Gasteiger partial charge in [-0.2, -0.15) is 18.4 Å². The molecule has 0 spiro atoms. The minimum atomic E-state index is -4.39. The Morgan fingerprint density at radius 1 is 1.35 bits per heavy atom. The quantitative estimate of drug-likeness (QED) is 0.802. The van der Waals surface area contributed by atoms with Crippen molar-refractivity contribution in [3.63, 3.8) is 0 Å². The van der Waals surface area contributed by atoms with E-state index in [1.165, 1.54) is 10.7 Å². The molecular weight excluding hydrogens is 253 g/mol. The molecule has 1 N–H and O–H groups in total. The largest absolute Gasteiger partial charge is 0.416 e. The van der Waals surface area contributed by atoms with Gasteiger partial charge >= 0.3 is 6.18 Å². The SMILES string of the molecule is Cc1ccc(C(F)(F)F)cc1-n1[nH]nnc1=S. The Hall–Kier alpha value is -1.70. The zero-order valence-electron chi connectivity index (χ0n) is 8.62. The zero-order chi connectivity index (χ0) is 12.6. The van der Waals surface area contributed by atoms with Gasteiger partial charge in [0.1, 0.15) is 0 Å². The van der Waals surface area contributed by atoms with E-state index < -0.39 is 11.7 Å². The molecule has 1 aromatic heterocycles. The van der Waals surface area contributed by atoms with Crippen LogP contribution in [0.15, 0.2) is 18.2 Å². The Kier molecular flexibility index (Phi) is 2.74. The second-order valence-electron chi connectivity index (χ2n) is 3.42. The van der Waals surface area contributed by atoms with Crippen molar-refractivity contribution in [3.05, 3.63) is 34.1 Å². The summed E-state index contributed by atoms with van der Waals surface area (Å²) in [6.45, 7) is 1.68. The molecule has 0 fully saturated rings. The summed E-state index contributed by atoms with van der Waals surface area (Å²) in [4.78, 5) is 0. The van der Waals surface area contributed by atoms with E-state index in [4.69, 9.17) is 12.2 Å². The minimum absolute atomic E-state index is 0.0763. The summed E-state index contributed by atoms with van der Waals surface area (Å²) in [5, 5.41) is 9.38. The predicted octanol–water partition coefficient (Wildman–Crippen LogP) is 2.65. The normalized spacial score (nSPS) is 11.8. The molecule has 2 rings (SSSR count). The average Bonchev–Trinajstić information content (AvgIpc) is 2.63. The van der Waals surface area contributed by atoms with Crippen molar-refractivity contribution in [2.45, 2.75) is 13.1 Å². The van der Waals surface area contributed by atoms with E-state index in [-0.39, 0.29) is 10.5 Å². The molecule has 0 radical (unpaired) electrons. The van der Waals surface area contributed by atoms with Gasteiger partial charge in [0.05, 0.1) is 11.3 Å². The summed E-state index contributed by atoms with van der Waals surface area (Å²) in [5.41, 5.74) is 0.185. The molecule has 0 aliphatic rings. The van der Waals surface area contributed by atoms with Crippen LogP contribution in [-0.2, 0) is 6.18 Å². The number of rotatable bonds is 1. The van der Waals surface area contributed by atoms with Crippen molar-refractivity contribution in [1.29, 1.82) is 0 Å². The number of aryl methyl sites for hydroxylation is 1. The maximum atomic E-state index is 12.6. The number of aromatic nitrogens is 4. The van der Waals surface area contributed by atoms with Gasteiger partial charge in [-0.1, -0.05) is 16.4 Å². The van der Waals surface area contributed by atoms with Gasteiger partial charge in [-0.25, -0.2) is 4.68 Å². The molecule has 1 aromatic carbocycles. The number of aromatic amines is 1. The van der Waals surface area contributed by atoms with E-state index in [0.717, 1.165) is 12.1 Å². The van der Waals surface area contributed by atoms with Crippen LogP contribution in [0.3, 0.4) is 0 Å². The lowest BCUT2D eigenvalue weighted by atomic mass is 10.1. The first-order valence-corrected chi connectivity index (χ1v) is 4.99. The van der Waals surface area contributed by atoms with Crippen molar-refractivity contribution in [2.75, 3.05) is 0 Å². The molecule has 17 heavy (non-hydrogen) atoms. The van der Waals surface area contributed by atoms with E-state index in [1.807, 2.05) is 0 Å². The number of halogens is 3. The average molecular weight is 260 g/mol. The molecule has 4 nitrogen and oxygen atoms in total. The van der Waals surface area contributed by atoms with Gasteiger partial charge in [0.25, 0.3) is 0 Å². The topological polar surface area (TPSA) is 46.5 Å². The van der Waals surface area contributed by atoms with Gasteiger partial charge in [-0.05, 0) is 36.8 Å². The standard InChI is InChI=1S/C9H7F3N4S/c1-5-2-3-6(9(10,11)12)4-7(5)16-8(17)13-14-15-16/h2-4H,1H3,(H,13,15,17). The molecule has 0 unspecified atom stereocenters. The third-order valence-electron chi connectivity index (χ3n) is 2.25. The van der Waals surface area contributed by atoms with E-state index >= 15 is 0 Å². The Bertz CT molecular complexity index is 599. The first-order valence-electron chi connectivity index (χ1n) is 4.58. The van der Waals surface area contributed by atoms with Crippen LogP contribution in [0.1, 0.15) is 11.1 Å². The summed E-state index contributed by atoms with van der Waals surface area (Å²) in [6.07, 6.45) is -4.39. The highest BCUT2D eigenvalue weighted by Crippen LogP contribution is 2.31. The van der Waals surface area contributed by atoms with E-state index in [0.29, 0.717) is 5.56 Å². The smallest absolute Gasteiger partial charge is 0.209 e. The number of tetrazole rings is 1. The Morgan fingerprint density at radius 2 is 2.06 bits per heavy atom. The number of benzene rings is 1. The van der Waals surface area contributed by atoms with Crippen LogP contribution >= 0.6 is 12.2 Å². The highest BCUT2D eigenvalue weighted by molar-refractivity contribution is 7.71. The molecule has 0 aliphatic heterocycles. The summed E-state index contributed by atoms with van der Waals surface area (Å²) in [5.74, 6) is 0. The minimum Gasteiger partial charge on any atom is -0.209 e. The van der Waals surface area contributed by atoms with Crippen LogP contribution < -0.4 is 0 Å². The van der Waals surface area contributed by atoms with E-state index in [2.05, 4.69) is 15.5 Å². The van der Waals surface area contributed by atoms with Crippen LogP contribution in [-0.4, -0.2) is 20.2 Å². The van der Waals surface area contributed by atoms with Crippen molar-refractivity contribution in [3.8, 4) is 5.69 Å². The number of hydrogen-bond donors (Lipinski definition) is 1. The van der Waals surface area contributed by atoms with Crippen LogP contribution in [0.4, 0.5) is 13.2 Å². The first-order chi connectivity index (χ1) is 7.89. The second-order valence-corrected chi connectivity index (χ2v) is 3.78. The number of H-pyrrole nitrogens is 1. The maximum absolute atomic E-state index is 12.6. The highest BCUT2D eigenvalue weighted by atomic mass is 32.1. The predicted molar refractivity (Wildman–Crippen MR) is 56.3 cm³/mol. The Morgan fingerprint density at radius 3 is 2.59 bits per heavy atom. The molecule has 0 aliphatic carbocycles. The van der Waals surface area contributed by atoms with E-state index in [1.54, 1.807) is 6.92 Å². The van der Waals surface area contributed by atoms with Gasteiger partial charge in [-0.3, -0.25) is 0 Å². The fourth-order valence-electron chi connectivity index (χ4n) is 1.38. The summed E-state index contributed by atoms with van der Waals surface area (Å²) in [6, 6.07) is 3.40. The molecule has 0 amide bonds. The fourth-order valence-corrected chi connectivity index (χ4v) is 1.56. The molecule has 2 aromatic rings. The lowest BCUT2D eigenvalue weighted by Gasteiger charge is -2.10. The first kappa shape index (κ1) is 11.8. The Labute approximate surface area is 99.1 Å². The van der Waals surface area contributed by atoms with Gasteiger partial charge in [0.2, 0.25) is 4.77 Å². The maximum Gasteiger partial charge on any atom is 0.416 e. The van der Waals surface area contributed by atoms with Crippen LogP contribution in [0.5, 0.6) is 0 Å². The molecule has 8 heteroatoms. The van der Waals surface area contributed by atoms with Gasteiger partial charge in [0.15, 0.2) is 0 Å². The van der Waals surface area contributed by atoms with Gasteiger partial charge in [-0.15, -0.1) is 0 Å². The molecule has 0 saturated heterocycles. The van der Waals surface area contributed by atoms with Gasteiger partial charge < -0.3 is 0 Å². The molecule has 1 heterocycles. The molecule has 0 bridgehead atoms. The number of hydrogen-bond acceptors (Lipinski definition) is 3. The number of nitrogens with zero attached hydrogens (tertiary/aromatic N) is 3. The Balaban J connectivity index is 2.63. The monoisotopic (exact) mass is 260 g/mol. The lowest BCUT2D eigenvalue weighted by Crippen LogP contribution is -2.08.